The average Bonchev–Trinajstić information content (AvgIpc) is 2.37. The summed E-state index contributed by atoms with van der Waals surface area (Å²) in [5.74, 6) is -0.0954. The third-order valence-corrected chi connectivity index (χ3v) is 3.07. The second kappa shape index (κ2) is 6.96. The van der Waals surface area contributed by atoms with Gasteiger partial charge in [-0.1, -0.05) is 50.6 Å². The standard InChI is InChI=1S/C13H19N3OS/c1-3-9(2)11(10-7-5-4-6-8-10)12(17)15-16-13(14)18/h4-9,11H,3H2,1-2H3,(H,15,17)(H3,14,16,18). The summed E-state index contributed by atoms with van der Waals surface area (Å²) in [6.45, 7) is 4.12. The highest BCUT2D eigenvalue weighted by molar-refractivity contribution is 7.80. The molecule has 0 spiro atoms. The molecule has 1 rings (SSSR count). The molecule has 1 aromatic carbocycles. The molecule has 98 valence electrons. The summed E-state index contributed by atoms with van der Waals surface area (Å²) in [7, 11) is 0. The fourth-order valence-corrected chi connectivity index (χ4v) is 1.89. The van der Waals surface area contributed by atoms with Crippen LogP contribution >= 0.6 is 12.2 Å². The van der Waals surface area contributed by atoms with Gasteiger partial charge in [-0.2, -0.15) is 0 Å². The number of rotatable bonds is 4. The molecule has 5 heteroatoms. The Kier molecular flexibility index (Phi) is 5.58. The quantitative estimate of drug-likeness (QED) is 0.572. The normalized spacial score (nSPS) is 13.4. The van der Waals surface area contributed by atoms with Crippen LogP contribution in [-0.4, -0.2) is 11.0 Å². The minimum Gasteiger partial charge on any atom is -0.375 e. The summed E-state index contributed by atoms with van der Waals surface area (Å²) in [4.78, 5) is 12.2. The molecule has 0 aromatic heterocycles. The van der Waals surface area contributed by atoms with Crippen molar-refractivity contribution in [2.75, 3.05) is 0 Å². The number of nitrogens with one attached hydrogen (secondary N) is 2. The highest BCUT2D eigenvalue weighted by Gasteiger charge is 2.25. The van der Waals surface area contributed by atoms with E-state index in [1.165, 1.54) is 0 Å². The smallest absolute Gasteiger partial charge is 0.246 e. The van der Waals surface area contributed by atoms with E-state index in [1.807, 2.05) is 30.3 Å². The lowest BCUT2D eigenvalue weighted by molar-refractivity contribution is -0.124. The fourth-order valence-electron chi connectivity index (χ4n) is 1.84. The molecule has 0 fully saturated rings. The van der Waals surface area contributed by atoms with Crippen LogP contribution in [0.4, 0.5) is 0 Å². The lowest BCUT2D eigenvalue weighted by atomic mass is 9.85. The van der Waals surface area contributed by atoms with E-state index in [4.69, 9.17) is 5.73 Å². The molecule has 1 aromatic rings. The number of benzene rings is 1. The van der Waals surface area contributed by atoms with Crippen LogP contribution in [0.25, 0.3) is 0 Å². The van der Waals surface area contributed by atoms with Crippen LogP contribution in [0.5, 0.6) is 0 Å². The minimum absolute atomic E-state index is 0.0549. The number of hydrogen-bond acceptors (Lipinski definition) is 2. The first kappa shape index (κ1) is 14.4. The number of hydrazine groups is 1. The van der Waals surface area contributed by atoms with E-state index in [0.717, 1.165) is 12.0 Å². The van der Waals surface area contributed by atoms with E-state index in [-0.39, 0.29) is 22.9 Å². The number of carbonyl (C=O) groups is 1. The monoisotopic (exact) mass is 265 g/mol. The third kappa shape index (κ3) is 4.00. The highest BCUT2D eigenvalue weighted by Crippen LogP contribution is 2.26. The van der Waals surface area contributed by atoms with Crippen molar-refractivity contribution in [3.8, 4) is 0 Å². The number of hydrogen-bond donors (Lipinski definition) is 3. The summed E-state index contributed by atoms with van der Waals surface area (Å²) < 4.78 is 0. The highest BCUT2D eigenvalue weighted by atomic mass is 32.1. The molecule has 1 amide bonds. The first-order valence-corrected chi connectivity index (χ1v) is 6.37. The number of carbonyl (C=O) groups excluding carboxylic acids is 1. The van der Waals surface area contributed by atoms with Crippen molar-refractivity contribution in [3.63, 3.8) is 0 Å². The van der Waals surface area contributed by atoms with Gasteiger partial charge in [-0.3, -0.25) is 15.6 Å². The van der Waals surface area contributed by atoms with Crippen LogP contribution in [0.2, 0.25) is 0 Å². The molecule has 0 saturated heterocycles. The van der Waals surface area contributed by atoms with Crippen molar-refractivity contribution in [1.82, 2.24) is 10.9 Å². The molecule has 0 saturated carbocycles. The van der Waals surface area contributed by atoms with Gasteiger partial charge in [-0.25, -0.2) is 0 Å². The summed E-state index contributed by atoms with van der Waals surface area (Å²) in [6.07, 6.45) is 0.917. The zero-order valence-electron chi connectivity index (χ0n) is 10.6. The molecule has 4 nitrogen and oxygen atoms in total. The number of thiocarbonyl (C=S) groups is 1. The summed E-state index contributed by atoms with van der Waals surface area (Å²) in [5, 5.41) is 0.0549. The molecule has 0 aliphatic carbocycles. The van der Waals surface area contributed by atoms with Gasteiger partial charge >= 0.3 is 0 Å². The SMILES string of the molecule is CCC(C)C(C(=O)NNC(N)=S)c1ccccc1. The van der Waals surface area contributed by atoms with Crippen LogP contribution in [-0.2, 0) is 4.79 Å². The van der Waals surface area contributed by atoms with Crippen molar-refractivity contribution < 1.29 is 4.79 Å². The zero-order chi connectivity index (χ0) is 13.5. The van der Waals surface area contributed by atoms with E-state index in [1.54, 1.807) is 0 Å². The van der Waals surface area contributed by atoms with Gasteiger partial charge in [0.25, 0.3) is 0 Å². The zero-order valence-corrected chi connectivity index (χ0v) is 11.5. The Balaban J connectivity index is 2.85. The second-order valence-corrected chi connectivity index (χ2v) is 4.69. The molecule has 0 heterocycles. The molecular weight excluding hydrogens is 246 g/mol. The Morgan fingerprint density at radius 2 is 1.94 bits per heavy atom. The summed E-state index contributed by atoms with van der Waals surface area (Å²) in [5.41, 5.74) is 11.3. The van der Waals surface area contributed by atoms with Gasteiger partial charge < -0.3 is 5.73 Å². The van der Waals surface area contributed by atoms with Crippen LogP contribution < -0.4 is 16.6 Å². The maximum Gasteiger partial charge on any atom is 0.246 e. The van der Waals surface area contributed by atoms with Crippen molar-refractivity contribution in [2.24, 2.45) is 11.7 Å². The van der Waals surface area contributed by atoms with Crippen molar-refractivity contribution in [1.29, 1.82) is 0 Å². The first-order valence-electron chi connectivity index (χ1n) is 5.96. The largest absolute Gasteiger partial charge is 0.375 e. The van der Waals surface area contributed by atoms with Gasteiger partial charge in [0.05, 0.1) is 5.92 Å². The van der Waals surface area contributed by atoms with E-state index in [2.05, 4.69) is 36.9 Å². The maximum atomic E-state index is 12.2. The summed E-state index contributed by atoms with van der Waals surface area (Å²) in [6, 6.07) is 9.70. The van der Waals surface area contributed by atoms with Gasteiger partial charge in [0, 0.05) is 0 Å². The predicted molar refractivity (Wildman–Crippen MR) is 76.7 cm³/mol. The minimum atomic E-state index is -0.210. The van der Waals surface area contributed by atoms with Crippen molar-refractivity contribution >= 4 is 23.2 Å². The molecule has 0 aliphatic heterocycles. The van der Waals surface area contributed by atoms with Gasteiger partial charge in [0.2, 0.25) is 5.91 Å². The topological polar surface area (TPSA) is 67.2 Å². The molecule has 0 bridgehead atoms. The van der Waals surface area contributed by atoms with E-state index >= 15 is 0 Å². The van der Waals surface area contributed by atoms with Gasteiger partial charge in [0.1, 0.15) is 0 Å². The second-order valence-electron chi connectivity index (χ2n) is 4.25. The Labute approximate surface area is 113 Å². The van der Waals surface area contributed by atoms with Crippen LogP contribution in [0.15, 0.2) is 30.3 Å². The van der Waals surface area contributed by atoms with Gasteiger partial charge in [0.15, 0.2) is 5.11 Å². The Hall–Kier alpha value is -1.62. The van der Waals surface area contributed by atoms with Crippen LogP contribution in [0.3, 0.4) is 0 Å². The molecular formula is C13H19N3OS. The lowest BCUT2D eigenvalue weighted by Gasteiger charge is -2.22. The average molecular weight is 265 g/mol. The molecule has 2 unspecified atom stereocenters. The molecule has 18 heavy (non-hydrogen) atoms. The van der Waals surface area contributed by atoms with Gasteiger partial charge in [-0.15, -0.1) is 0 Å². The van der Waals surface area contributed by atoms with Crippen molar-refractivity contribution in [3.05, 3.63) is 35.9 Å². The summed E-state index contributed by atoms with van der Waals surface area (Å²) >= 11 is 4.66. The fraction of sp³-hybridized carbons (Fsp3) is 0.385. The van der Waals surface area contributed by atoms with E-state index < -0.39 is 0 Å². The van der Waals surface area contributed by atoms with Crippen molar-refractivity contribution in [2.45, 2.75) is 26.2 Å². The molecule has 0 radical (unpaired) electrons. The Bertz CT molecular complexity index is 408. The molecule has 0 aliphatic rings. The number of amides is 1. The number of nitrogens with two attached hydrogens (primary N) is 1. The van der Waals surface area contributed by atoms with Crippen LogP contribution in [0.1, 0.15) is 31.7 Å². The first-order chi connectivity index (χ1) is 8.56. The predicted octanol–water partition coefficient (Wildman–Crippen LogP) is 1.68. The Morgan fingerprint density at radius 1 is 1.33 bits per heavy atom. The molecule has 2 atom stereocenters. The van der Waals surface area contributed by atoms with Crippen LogP contribution in [0, 0.1) is 5.92 Å². The Morgan fingerprint density at radius 3 is 2.44 bits per heavy atom. The lowest BCUT2D eigenvalue weighted by Crippen LogP contribution is -2.47. The third-order valence-electron chi connectivity index (χ3n) is 2.96. The molecule has 4 N–H and O–H groups in total. The van der Waals surface area contributed by atoms with E-state index in [9.17, 15) is 4.79 Å². The van der Waals surface area contributed by atoms with E-state index in [0.29, 0.717) is 0 Å². The van der Waals surface area contributed by atoms with Gasteiger partial charge in [-0.05, 0) is 23.7 Å². The maximum absolute atomic E-state index is 12.2.